The Hall–Kier alpha value is 0.719. The second-order valence-electron chi connectivity index (χ2n) is 5.03. The van der Waals surface area contributed by atoms with Crippen LogP contribution < -0.4 is 0 Å². The summed E-state index contributed by atoms with van der Waals surface area (Å²) < 4.78 is 8.69. The van der Waals surface area contributed by atoms with Crippen molar-refractivity contribution in [1.29, 1.82) is 0 Å². The van der Waals surface area contributed by atoms with Crippen LogP contribution in [0, 0.1) is 0 Å². The Bertz CT molecular complexity index is 164. The molecule has 0 aliphatic carbocycles. The Kier molecular flexibility index (Phi) is 5.93. The van der Waals surface area contributed by atoms with Gasteiger partial charge in [0, 0.05) is 0 Å². The van der Waals surface area contributed by atoms with Gasteiger partial charge in [0.2, 0.25) is 0 Å². The van der Waals surface area contributed by atoms with Gasteiger partial charge >= 0.3 is 101 Å². The second-order valence-corrected chi connectivity index (χ2v) is 17.9. The molecule has 15 heavy (non-hydrogen) atoms. The Morgan fingerprint density at radius 3 is 1.60 bits per heavy atom. The molecule has 2 nitrogen and oxygen atoms in total. The average molecular weight is 319 g/mol. The number of rotatable bonds is 6. The molecular weight excluding hydrogens is 291 g/mol. The maximum atomic E-state index is 2.79. The monoisotopic (exact) mass is 320 g/mol. The van der Waals surface area contributed by atoms with Gasteiger partial charge in [-0.15, -0.1) is 0 Å². The summed E-state index contributed by atoms with van der Waals surface area (Å²) in [5.41, 5.74) is 0. The van der Waals surface area contributed by atoms with Crippen LogP contribution in [0.25, 0.3) is 0 Å². The summed E-state index contributed by atoms with van der Waals surface area (Å²) in [6.45, 7) is 7.32. The van der Waals surface area contributed by atoms with Gasteiger partial charge in [0.1, 0.15) is 0 Å². The first kappa shape index (κ1) is 13.8. The molecule has 0 aromatic carbocycles. The Balaban J connectivity index is 2.64. The fourth-order valence-corrected chi connectivity index (χ4v) is 17.7. The zero-order valence-electron chi connectivity index (χ0n) is 11.1. The van der Waals surface area contributed by atoms with Crippen LogP contribution in [0.5, 0.6) is 0 Å². The van der Waals surface area contributed by atoms with E-state index in [0.29, 0.717) is 0 Å². The molecule has 0 bridgehead atoms. The van der Waals surface area contributed by atoms with Crippen LogP contribution in [0.2, 0.25) is 8.87 Å². The van der Waals surface area contributed by atoms with Crippen LogP contribution in [0.4, 0.5) is 0 Å². The first-order valence-corrected chi connectivity index (χ1v) is 13.2. The zero-order chi connectivity index (χ0) is 11.3. The minimum atomic E-state index is -2.03. The zero-order valence-corrected chi connectivity index (χ0v) is 13.9. The molecule has 0 saturated carbocycles. The van der Waals surface area contributed by atoms with E-state index in [4.69, 9.17) is 0 Å². The van der Waals surface area contributed by atoms with Crippen molar-refractivity contribution in [2.24, 2.45) is 0 Å². The van der Waals surface area contributed by atoms with E-state index in [-0.39, 0.29) is 0 Å². The molecule has 1 fully saturated rings. The molecule has 0 amide bonds. The first-order valence-electron chi connectivity index (χ1n) is 6.60. The molecule has 0 N–H and O–H groups in total. The Morgan fingerprint density at radius 2 is 1.27 bits per heavy atom. The molecule has 0 radical (unpaired) electrons. The fourth-order valence-electron chi connectivity index (χ4n) is 2.82. The summed E-state index contributed by atoms with van der Waals surface area (Å²) in [6.07, 6.45) is 5.64. The number of hydrogen-bond donors (Lipinski definition) is 0. The van der Waals surface area contributed by atoms with Gasteiger partial charge in [-0.05, 0) is 0 Å². The van der Waals surface area contributed by atoms with E-state index in [1.807, 2.05) is 0 Å². The molecule has 90 valence electrons. The summed E-state index contributed by atoms with van der Waals surface area (Å²) in [4.78, 5) is 0. The molecule has 1 aliphatic rings. The van der Waals surface area contributed by atoms with Crippen LogP contribution in [0.1, 0.15) is 39.5 Å². The summed E-state index contributed by atoms with van der Waals surface area (Å²) >= 11 is -2.03. The van der Waals surface area contributed by atoms with Crippen molar-refractivity contribution in [3.63, 3.8) is 0 Å². The average Bonchev–Trinajstić information content (AvgIpc) is 2.51. The predicted molar refractivity (Wildman–Crippen MR) is 70.4 cm³/mol. The van der Waals surface area contributed by atoms with Crippen molar-refractivity contribution in [2.75, 3.05) is 27.2 Å². The van der Waals surface area contributed by atoms with Crippen molar-refractivity contribution in [3.05, 3.63) is 0 Å². The van der Waals surface area contributed by atoms with Crippen molar-refractivity contribution in [2.45, 2.75) is 48.4 Å². The van der Waals surface area contributed by atoms with Gasteiger partial charge in [-0.25, -0.2) is 0 Å². The fraction of sp³-hybridized carbons (Fsp3) is 1.00. The molecule has 1 heterocycles. The van der Waals surface area contributed by atoms with Crippen LogP contribution in [-0.4, -0.2) is 52.4 Å². The van der Waals surface area contributed by atoms with Crippen molar-refractivity contribution < 1.29 is 0 Å². The first-order chi connectivity index (χ1) is 7.17. The molecule has 1 saturated heterocycles. The topological polar surface area (TPSA) is 6.48 Å². The maximum absolute atomic E-state index is 2.79. The predicted octanol–water partition coefficient (Wildman–Crippen LogP) is 2.91. The SMILES string of the molecule is CCC[CH2][Sn]1([CH2]CCC)[N](C)CC[N]1C. The second kappa shape index (κ2) is 6.45. The van der Waals surface area contributed by atoms with E-state index < -0.39 is 18.9 Å². The van der Waals surface area contributed by atoms with E-state index in [1.54, 1.807) is 8.87 Å². The number of hydrogen-bond acceptors (Lipinski definition) is 2. The number of nitrogens with zero attached hydrogens (tertiary/aromatic N) is 2. The molecule has 1 rings (SSSR count). The molecule has 0 aromatic rings. The van der Waals surface area contributed by atoms with Crippen LogP contribution in [0.15, 0.2) is 0 Å². The summed E-state index contributed by atoms with van der Waals surface area (Å²) in [5.74, 6) is 0. The Labute approximate surface area is 101 Å². The van der Waals surface area contributed by atoms with Gasteiger partial charge in [-0.3, -0.25) is 0 Å². The third kappa shape index (κ3) is 3.10. The van der Waals surface area contributed by atoms with Gasteiger partial charge in [0.15, 0.2) is 0 Å². The summed E-state index contributed by atoms with van der Waals surface area (Å²) in [5, 5.41) is 0. The van der Waals surface area contributed by atoms with Gasteiger partial charge in [-0.1, -0.05) is 0 Å². The normalized spacial score (nSPS) is 22.4. The quantitative estimate of drug-likeness (QED) is 0.695. The van der Waals surface area contributed by atoms with E-state index >= 15 is 0 Å². The van der Waals surface area contributed by atoms with Crippen molar-refractivity contribution in [1.82, 2.24) is 6.24 Å². The van der Waals surface area contributed by atoms with Gasteiger partial charge in [0.05, 0.1) is 0 Å². The molecule has 0 unspecified atom stereocenters. The number of unbranched alkanes of at least 4 members (excludes halogenated alkanes) is 2. The molecule has 0 atom stereocenters. The number of likely N-dealkylation sites (N-methyl/N-ethyl adjacent to an activating group) is 2. The van der Waals surface area contributed by atoms with Crippen LogP contribution in [-0.2, 0) is 0 Å². The van der Waals surface area contributed by atoms with Crippen molar-refractivity contribution in [3.8, 4) is 0 Å². The van der Waals surface area contributed by atoms with Crippen LogP contribution >= 0.6 is 0 Å². The van der Waals surface area contributed by atoms with Crippen molar-refractivity contribution >= 4 is 18.9 Å². The third-order valence-corrected chi connectivity index (χ3v) is 20.0. The van der Waals surface area contributed by atoms with Crippen LogP contribution in [0.3, 0.4) is 0 Å². The van der Waals surface area contributed by atoms with E-state index in [2.05, 4.69) is 34.2 Å². The standard InChI is InChI=1S/C4H10N2.2C4H9.Sn/c1-5-3-4-6-2;2*1-3-4-2;/h3-4H2,1-2H3;2*1,3-4H2,2H3;/q-2;;;+2. The molecule has 0 aromatic heterocycles. The summed E-state index contributed by atoms with van der Waals surface area (Å²) in [7, 11) is 4.79. The summed E-state index contributed by atoms with van der Waals surface area (Å²) in [6, 6.07) is 0. The minimum absolute atomic E-state index is 1.33. The third-order valence-electron chi connectivity index (χ3n) is 4.05. The molecular formula is C12H28N2Sn. The van der Waals surface area contributed by atoms with E-state index in [9.17, 15) is 0 Å². The van der Waals surface area contributed by atoms with E-state index in [0.717, 1.165) is 0 Å². The van der Waals surface area contributed by atoms with E-state index in [1.165, 1.54) is 38.8 Å². The Morgan fingerprint density at radius 1 is 0.867 bits per heavy atom. The molecule has 0 spiro atoms. The van der Waals surface area contributed by atoms with Gasteiger partial charge in [-0.2, -0.15) is 0 Å². The van der Waals surface area contributed by atoms with Gasteiger partial charge in [0.25, 0.3) is 0 Å². The molecule has 3 heteroatoms. The molecule has 1 aliphatic heterocycles. The van der Waals surface area contributed by atoms with Gasteiger partial charge < -0.3 is 0 Å².